The van der Waals surface area contributed by atoms with Crippen LogP contribution in [0.4, 0.5) is 11.6 Å². The summed E-state index contributed by atoms with van der Waals surface area (Å²) in [5, 5.41) is 6.65. The van der Waals surface area contributed by atoms with E-state index in [4.69, 9.17) is 4.74 Å². The van der Waals surface area contributed by atoms with Gasteiger partial charge in [-0.2, -0.15) is 0 Å². The zero-order valence-corrected chi connectivity index (χ0v) is 12.7. The van der Waals surface area contributed by atoms with Crippen LogP contribution in [0.5, 0.6) is 0 Å². The SMILES string of the molecule is Cc1nc(NCc2cccnc2)cc(NCC2CCCO2)n1. The number of pyridine rings is 1. The minimum Gasteiger partial charge on any atom is -0.376 e. The van der Waals surface area contributed by atoms with Crippen molar-refractivity contribution in [1.29, 1.82) is 0 Å². The Bertz CT molecular complexity index is 599. The smallest absolute Gasteiger partial charge is 0.132 e. The van der Waals surface area contributed by atoms with Crippen molar-refractivity contribution >= 4 is 11.6 Å². The molecule has 1 fully saturated rings. The fourth-order valence-electron chi connectivity index (χ4n) is 2.47. The van der Waals surface area contributed by atoms with Crippen LogP contribution in [-0.2, 0) is 11.3 Å². The first-order chi connectivity index (χ1) is 10.8. The van der Waals surface area contributed by atoms with Crippen LogP contribution in [0.2, 0.25) is 0 Å². The van der Waals surface area contributed by atoms with Crippen LogP contribution < -0.4 is 10.6 Å². The predicted molar refractivity (Wildman–Crippen MR) is 85.8 cm³/mol. The maximum absolute atomic E-state index is 5.61. The Balaban J connectivity index is 1.59. The van der Waals surface area contributed by atoms with Crippen molar-refractivity contribution in [3.63, 3.8) is 0 Å². The summed E-state index contributed by atoms with van der Waals surface area (Å²) >= 11 is 0. The van der Waals surface area contributed by atoms with E-state index in [1.165, 1.54) is 0 Å². The Morgan fingerprint density at radius 2 is 2.14 bits per heavy atom. The van der Waals surface area contributed by atoms with Crippen LogP contribution in [0.25, 0.3) is 0 Å². The summed E-state index contributed by atoms with van der Waals surface area (Å²) < 4.78 is 5.61. The van der Waals surface area contributed by atoms with Crippen molar-refractivity contribution < 1.29 is 4.74 Å². The third-order valence-corrected chi connectivity index (χ3v) is 3.57. The number of aryl methyl sites for hydroxylation is 1. The highest BCUT2D eigenvalue weighted by molar-refractivity contribution is 5.47. The quantitative estimate of drug-likeness (QED) is 0.853. The maximum Gasteiger partial charge on any atom is 0.132 e. The van der Waals surface area contributed by atoms with E-state index in [9.17, 15) is 0 Å². The molecule has 2 N–H and O–H groups in total. The van der Waals surface area contributed by atoms with Gasteiger partial charge in [0, 0.05) is 38.2 Å². The number of nitrogens with one attached hydrogen (secondary N) is 2. The lowest BCUT2D eigenvalue weighted by Gasteiger charge is -2.13. The minimum absolute atomic E-state index is 0.294. The molecule has 3 heterocycles. The second kappa shape index (κ2) is 7.17. The number of ether oxygens (including phenoxy) is 1. The number of hydrogen-bond donors (Lipinski definition) is 2. The fraction of sp³-hybridized carbons (Fsp3) is 0.438. The van der Waals surface area contributed by atoms with Crippen LogP contribution in [-0.4, -0.2) is 34.2 Å². The first-order valence-electron chi connectivity index (χ1n) is 7.63. The molecular formula is C16H21N5O. The van der Waals surface area contributed by atoms with Crippen LogP contribution >= 0.6 is 0 Å². The number of anilines is 2. The first kappa shape index (κ1) is 14.7. The molecule has 6 nitrogen and oxygen atoms in total. The van der Waals surface area contributed by atoms with E-state index in [-0.39, 0.29) is 0 Å². The molecule has 0 amide bonds. The molecule has 1 aliphatic rings. The van der Waals surface area contributed by atoms with Gasteiger partial charge in [0.25, 0.3) is 0 Å². The predicted octanol–water partition coefficient (Wildman–Crippen LogP) is 2.38. The molecule has 2 aromatic rings. The maximum atomic E-state index is 5.61. The molecule has 2 aromatic heterocycles. The van der Waals surface area contributed by atoms with Crippen molar-refractivity contribution in [3.8, 4) is 0 Å². The molecule has 116 valence electrons. The first-order valence-corrected chi connectivity index (χ1v) is 7.63. The molecule has 1 unspecified atom stereocenters. The van der Waals surface area contributed by atoms with Gasteiger partial charge in [-0.15, -0.1) is 0 Å². The summed E-state index contributed by atoms with van der Waals surface area (Å²) in [4.78, 5) is 12.9. The summed E-state index contributed by atoms with van der Waals surface area (Å²) in [7, 11) is 0. The van der Waals surface area contributed by atoms with Gasteiger partial charge < -0.3 is 15.4 Å². The average molecular weight is 299 g/mol. The van der Waals surface area contributed by atoms with Gasteiger partial charge in [0.05, 0.1) is 6.10 Å². The molecule has 1 atom stereocenters. The van der Waals surface area contributed by atoms with E-state index in [2.05, 4.69) is 25.6 Å². The third kappa shape index (κ3) is 4.14. The molecule has 1 aliphatic heterocycles. The lowest BCUT2D eigenvalue weighted by molar-refractivity contribution is 0.120. The number of aromatic nitrogens is 3. The Morgan fingerprint density at radius 1 is 1.27 bits per heavy atom. The van der Waals surface area contributed by atoms with Crippen LogP contribution in [0, 0.1) is 6.92 Å². The standard InChI is InChI=1S/C16H21N5O/c1-12-20-15(18-10-13-4-2-6-17-9-13)8-16(21-12)19-11-14-5-3-7-22-14/h2,4,6,8-9,14H,3,5,7,10-11H2,1H3,(H2,18,19,20,21). The summed E-state index contributed by atoms with van der Waals surface area (Å²) in [6.07, 6.45) is 6.17. The Labute approximate surface area is 130 Å². The fourth-order valence-corrected chi connectivity index (χ4v) is 2.47. The van der Waals surface area contributed by atoms with Crippen molar-refractivity contribution in [2.45, 2.75) is 32.4 Å². The lowest BCUT2D eigenvalue weighted by atomic mass is 10.2. The molecule has 6 heteroatoms. The molecule has 0 saturated carbocycles. The van der Waals surface area contributed by atoms with E-state index >= 15 is 0 Å². The van der Waals surface area contributed by atoms with Gasteiger partial charge in [0.1, 0.15) is 17.5 Å². The highest BCUT2D eigenvalue weighted by atomic mass is 16.5. The lowest BCUT2D eigenvalue weighted by Crippen LogP contribution is -2.19. The third-order valence-electron chi connectivity index (χ3n) is 3.57. The van der Waals surface area contributed by atoms with E-state index in [0.29, 0.717) is 12.6 Å². The van der Waals surface area contributed by atoms with Gasteiger partial charge in [-0.1, -0.05) is 6.07 Å². The van der Waals surface area contributed by atoms with Crippen LogP contribution in [0.15, 0.2) is 30.6 Å². The monoisotopic (exact) mass is 299 g/mol. The van der Waals surface area contributed by atoms with Gasteiger partial charge in [-0.05, 0) is 31.4 Å². The van der Waals surface area contributed by atoms with Gasteiger partial charge in [-0.25, -0.2) is 9.97 Å². The number of hydrogen-bond acceptors (Lipinski definition) is 6. The van der Waals surface area contributed by atoms with Gasteiger partial charge in [0.15, 0.2) is 0 Å². The number of nitrogens with zero attached hydrogens (tertiary/aromatic N) is 3. The molecule has 1 saturated heterocycles. The zero-order valence-electron chi connectivity index (χ0n) is 12.7. The molecule has 3 rings (SSSR count). The summed E-state index contributed by atoms with van der Waals surface area (Å²) in [6, 6.07) is 5.89. The molecule has 0 bridgehead atoms. The summed E-state index contributed by atoms with van der Waals surface area (Å²) in [6.45, 7) is 4.24. The largest absolute Gasteiger partial charge is 0.376 e. The summed E-state index contributed by atoms with van der Waals surface area (Å²) in [5.74, 6) is 2.38. The van der Waals surface area contributed by atoms with Crippen molar-refractivity contribution in [3.05, 3.63) is 42.0 Å². The Hall–Kier alpha value is -2.21. The van der Waals surface area contributed by atoms with Crippen LogP contribution in [0.3, 0.4) is 0 Å². The van der Waals surface area contributed by atoms with Crippen LogP contribution in [0.1, 0.15) is 24.2 Å². The molecule has 0 spiro atoms. The number of rotatable bonds is 6. The Kier molecular flexibility index (Phi) is 4.80. The average Bonchev–Trinajstić information content (AvgIpc) is 3.05. The van der Waals surface area contributed by atoms with E-state index in [0.717, 1.165) is 49.0 Å². The molecule has 0 radical (unpaired) electrons. The minimum atomic E-state index is 0.294. The summed E-state index contributed by atoms with van der Waals surface area (Å²) in [5.41, 5.74) is 1.12. The van der Waals surface area contributed by atoms with Gasteiger partial charge in [0.2, 0.25) is 0 Å². The highest BCUT2D eigenvalue weighted by Crippen LogP contribution is 2.15. The second-order valence-corrected chi connectivity index (χ2v) is 5.42. The molecule has 0 aliphatic carbocycles. The molecule has 0 aromatic carbocycles. The van der Waals surface area contributed by atoms with E-state index in [1.807, 2.05) is 31.3 Å². The van der Waals surface area contributed by atoms with Gasteiger partial charge in [-0.3, -0.25) is 4.98 Å². The second-order valence-electron chi connectivity index (χ2n) is 5.42. The van der Waals surface area contributed by atoms with Gasteiger partial charge >= 0.3 is 0 Å². The van der Waals surface area contributed by atoms with Crippen molar-refractivity contribution in [2.75, 3.05) is 23.8 Å². The molecular weight excluding hydrogens is 278 g/mol. The Morgan fingerprint density at radius 3 is 2.86 bits per heavy atom. The highest BCUT2D eigenvalue weighted by Gasteiger charge is 2.15. The zero-order chi connectivity index (χ0) is 15.2. The van der Waals surface area contributed by atoms with Crippen molar-refractivity contribution in [2.24, 2.45) is 0 Å². The topological polar surface area (TPSA) is 72.0 Å². The van der Waals surface area contributed by atoms with Crippen molar-refractivity contribution in [1.82, 2.24) is 15.0 Å². The van der Waals surface area contributed by atoms with E-state index < -0.39 is 0 Å². The van der Waals surface area contributed by atoms with E-state index in [1.54, 1.807) is 6.20 Å². The normalized spacial score (nSPS) is 17.4. The molecule has 22 heavy (non-hydrogen) atoms.